The van der Waals surface area contributed by atoms with Crippen molar-refractivity contribution in [3.8, 4) is 0 Å². The largest absolute Gasteiger partial charge is 0.465 e. The molecule has 1 saturated carbocycles. The monoisotopic (exact) mass is 389 g/mol. The van der Waals surface area contributed by atoms with Gasteiger partial charge in [-0.15, -0.1) is 0 Å². The number of carbonyl (C=O) groups is 4. The van der Waals surface area contributed by atoms with Crippen LogP contribution >= 0.6 is 0 Å². The van der Waals surface area contributed by atoms with Gasteiger partial charge in [0.15, 0.2) is 5.41 Å². The van der Waals surface area contributed by atoms with Crippen LogP contribution in [0.25, 0.3) is 0 Å². The number of hydrogen-bond donors (Lipinski definition) is 2. The van der Waals surface area contributed by atoms with E-state index in [-0.39, 0.29) is 31.6 Å². The lowest BCUT2D eigenvalue weighted by Crippen LogP contribution is -2.70. The van der Waals surface area contributed by atoms with Crippen molar-refractivity contribution in [2.45, 2.75) is 38.2 Å². The molecule has 28 heavy (non-hydrogen) atoms. The third-order valence-electron chi connectivity index (χ3n) is 5.75. The molecule has 2 aliphatic rings. The first-order valence-electron chi connectivity index (χ1n) is 9.31. The van der Waals surface area contributed by atoms with Gasteiger partial charge in [-0.1, -0.05) is 18.2 Å². The first kappa shape index (κ1) is 20.0. The van der Waals surface area contributed by atoms with Crippen LogP contribution in [-0.4, -0.2) is 48.6 Å². The van der Waals surface area contributed by atoms with Crippen molar-refractivity contribution in [2.24, 2.45) is 11.3 Å². The topological polar surface area (TPSA) is 119 Å². The Labute approximate surface area is 162 Å². The minimum absolute atomic E-state index is 0.0412. The standard InChI is InChI=1S/C20H23NO7/c1-3-27-17(25)19(18(26)28-4-2)12(11-22)9-10-15(23)20(19)13-7-5-6-8-14(13)21-16(20)24/h5-8,11-12,15,23H,3-4,9-10H2,1-2H3,(H,21,24)/t12-,15+,20-/m0/s1. The van der Waals surface area contributed by atoms with Gasteiger partial charge >= 0.3 is 11.9 Å². The molecule has 1 amide bonds. The van der Waals surface area contributed by atoms with Crippen LogP contribution in [0.3, 0.4) is 0 Å². The van der Waals surface area contributed by atoms with Crippen LogP contribution in [0.2, 0.25) is 0 Å². The Kier molecular flexibility index (Phi) is 5.25. The van der Waals surface area contributed by atoms with Gasteiger partial charge in [-0.25, -0.2) is 0 Å². The number of esters is 2. The molecule has 1 fully saturated rings. The maximum absolute atomic E-state index is 13.3. The van der Waals surface area contributed by atoms with E-state index < -0.39 is 40.7 Å². The molecular formula is C20H23NO7. The Balaban J connectivity index is 2.42. The lowest BCUT2D eigenvalue weighted by Gasteiger charge is -2.51. The zero-order chi connectivity index (χ0) is 20.5. The highest BCUT2D eigenvalue weighted by Gasteiger charge is 2.77. The fourth-order valence-electron chi connectivity index (χ4n) is 4.70. The van der Waals surface area contributed by atoms with Crippen molar-refractivity contribution in [2.75, 3.05) is 18.5 Å². The Morgan fingerprint density at radius 2 is 1.79 bits per heavy atom. The van der Waals surface area contributed by atoms with E-state index in [4.69, 9.17) is 9.47 Å². The highest BCUT2D eigenvalue weighted by molar-refractivity contribution is 6.18. The number of nitrogens with one attached hydrogen (secondary N) is 1. The summed E-state index contributed by atoms with van der Waals surface area (Å²) in [6.07, 6.45) is -0.804. The van der Waals surface area contributed by atoms with Crippen LogP contribution in [0.4, 0.5) is 5.69 Å². The van der Waals surface area contributed by atoms with Crippen LogP contribution in [0.1, 0.15) is 32.3 Å². The molecule has 1 heterocycles. The third kappa shape index (κ3) is 2.33. The maximum Gasteiger partial charge on any atom is 0.325 e. The second kappa shape index (κ2) is 7.35. The number of anilines is 1. The van der Waals surface area contributed by atoms with E-state index in [1.165, 1.54) is 0 Å². The summed E-state index contributed by atoms with van der Waals surface area (Å²) in [7, 11) is 0. The molecule has 8 nitrogen and oxygen atoms in total. The summed E-state index contributed by atoms with van der Waals surface area (Å²) in [5.41, 5.74) is -3.70. The SMILES string of the molecule is CCOC(=O)C1(C(=O)OCC)[C@H](C=O)CC[C@@H](O)[C@@]12C(=O)Nc1ccccc12. The molecule has 0 unspecified atom stereocenters. The molecule has 1 aromatic carbocycles. The van der Waals surface area contributed by atoms with Crippen molar-refractivity contribution < 1.29 is 33.8 Å². The number of amides is 1. The zero-order valence-corrected chi connectivity index (χ0v) is 15.8. The molecule has 8 heteroatoms. The second-order valence-electron chi connectivity index (χ2n) is 6.89. The summed E-state index contributed by atoms with van der Waals surface area (Å²) in [6, 6.07) is 6.50. The Morgan fingerprint density at radius 1 is 1.18 bits per heavy atom. The van der Waals surface area contributed by atoms with E-state index in [0.29, 0.717) is 12.0 Å². The summed E-state index contributed by atoms with van der Waals surface area (Å²) < 4.78 is 10.4. The minimum Gasteiger partial charge on any atom is -0.465 e. The Morgan fingerprint density at radius 3 is 2.36 bits per heavy atom. The Hall–Kier alpha value is -2.74. The quantitative estimate of drug-likeness (QED) is 0.437. The number of rotatable bonds is 5. The van der Waals surface area contributed by atoms with Crippen LogP contribution in [0.15, 0.2) is 24.3 Å². The van der Waals surface area contributed by atoms with Crippen LogP contribution in [-0.2, 0) is 34.1 Å². The highest BCUT2D eigenvalue weighted by Crippen LogP contribution is 2.60. The van der Waals surface area contributed by atoms with Gasteiger partial charge in [0.2, 0.25) is 5.91 Å². The van der Waals surface area contributed by atoms with Crippen molar-refractivity contribution in [3.63, 3.8) is 0 Å². The molecular weight excluding hydrogens is 366 g/mol. The zero-order valence-electron chi connectivity index (χ0n) is 15.8. The van der Waals surface area contributed by atoms with Crippen molar-refractivity contribution >= 4 is 29.8 Å². The summed E-state index contributed by atoms with van der Waals surface area (Å²) >= 11 is 0. The lowest BCUT2D eigenvalue weighted by atomic mass is 9.48. The smallest absolute Gasteiger partial charge is 0.325 e. The summed E-state index contributed by atoms with van der Waals surface area (Å²) in [4.78, 5) is 51.9. The normalized spacial score (nSPS) is 27.6. The number of benzene rings is 1. The molecule has 3 atom stereocenters. The number of aliphatic hydroxyl groups excluding tert-OH is 1. The molecule has 0 aromatic heterocycles. The number of aliphatic hydroxyl groups is 1. The van der Waals surface area contributed by atoms with E-state index in [1.54, 1.807) is 38.1 Å². The van der Waals surface area contributed by atoms with E-state index in [0.717, 1.165) is 0 Å². The van der Waals surface area contributed by atoms with Gasteiger partial charge < -0.3 is 24.7 Å². The second-order valence-corrected chi connectivity index (χ2v) is 6.89. The van der Waals surface area contributed by atoms with Gasteiger partial charge in [0, 0.05) is 11.6 Å². The third-order valence-corrected chi connectivity index (χ3v) is 5.75. The van der Waals surface area contributed by atoms with Gasteiger partial charge in [0.1, 0.15) is 11.7 Å². The number of carbonyl (C=O) groups excluding carboxylic acids is 4. The number of para-hydroxylation sites is 1. The molecule has 0 bridgehead atoms. The predicted molar refractivity (Wildman–Crippen MR) is 97.2 cm³/mol. The molecule has 1 aliphatic carbocycles. The summed E-state index contributed by atoms with van der Waals surface area (Å²) in [5, 5.41) is 13.7. The van der Waals surface area contributed by atoms with E-state index >= 15 is 0 Å². The van der Waals surface area contributed by atoms with E-state index in [2.05, 4.69) is 5.32 Å². The highest BCUT2D eigenvalue weighted by atomic mass is 16.6. The van der Waals surface area contributed by atoms with Crippen LogP contribution in [0, 0.1) is 11.3 Å². The van der Waals surface area contributed by atoms with Crippen molar-refractivity contribution in [3.05, 3.63) is 29.8 Å². The summed E-state index contributed by atoms with van der Waals surface area (Å²) in [6.45, 7) is 2.98. The van der Waals surface area contributed by atoms with Crippen LogP contribution < -0.4 is 5.32 Å². The first-order chi connectivity index (χ1) is 13.4. The van der Waals surface area contributed by atoms with E-state index in [9.17, 15) is 24.3 Å². The van der Waals surface area contributed by atoms with Crippen molar-refractivity contribution in [1.82, 2.24) is 0 Å². The average Bonchev–Trinajstić information content (AvgIpc) is 2.97. The van der Waals surface area contributed by atoms with E-state index in [1.807, 2.05) is 0 Å². The molecule has 1 aromatic rings. The van der Waals surface area contributed by atoms with Crippen LogP contribution in [0.5, 0.6) is 0 Å². The molecule has 2 N–H and O–H groups in total. The molecule has 1 aliphatic heterocycles. The predicted octanol–water partition coefficient (Wildman–Crippen LogP) is 0.959. The molecule has 0 saturated heterocycles. The number of aldehydes is 1. The lowest BCUT2D eigenvalue weighted by molar-refractivity contribution is -0.197. The summed E-state index contributed by atoms with van der Waals surface area (Å²) in [5.74, 6) is -4.01. The average molecular weight is 389 g/mol. The number of hydrogen-bond acceptors (Lipinski definition) is 7. The first-order valence-corrected chi connectivity index (χ1v) is 9.31. The van der Waals surface area contributed by atoms with Gasteiger partial charge in [0.05, 0.1) is 19.3 Å². The molecule has 3 rings (SSSR count). The van der Waals surface area contributed by atoms with Gasteiger partial charge in [-0.2, -0.15) is 0 Å². The molecule has 0 radical (unpaired) electrons. The fraction of sp³-hybridized carbons (Fsp3) is 0.500. The van der Waals surface area contributed by atoms with Gasteiger partial charge in [0.25, 0.3) is 0 Å². The maximum atomic E-state index is 13.3. The van der Waals surface area contributed by atoms with Gasteiger partial charge in [-0.3, -0.25) is 14.4 Å². The molecule has 1 spiro atoms. The molecule has 150 valence electrons. The number of ether oxygens (including phenoxy) is 2. The van der Waals surface area contributed by atoms with Gasteiger partial charge in [-0.05, 0) is 38.3 Å². The fourth-order valence-corrected chi connectivity index (χ4v) is 4.70. The minimum atomic E-state index is -2.32. The Bertz CT molecular complexity index is 803. The number of fused-ring (bicyclic) bond motifs is 2. The van der Waals surface area contributed by atoms with Crippen molar-refractivity contribution in [1.29, 1.82) is 0 Å².